The number of nitrogens with zero attached hydrogens (tertiary/aromatic N) is 2. The minimum atomic E-state index is -3.06. The van der Waals surface area contributed by atoms with Crippen molar-refractivity contribution in [2.75, 3.05) is 32.4 Å². The second-order valence-electron chi connectivity index (χ2n) is 6.57. The molecule has 0 bridgehead atoms. The van der Waals surface area contributed by atoms with Crippen LogP contribution in [-0.4, -0.2) is 51.7 Å². The van der Waals surface area contributed by atoms with Crippen LogP contribution in [0.1, 0.15) is 31.7 Å². The van der Waals surface area contributed by atoms with Gasteiger partial charge in [-0.1, -0.05) is 37.3 Å². The zero-order valence-corrected chi connectivity index (χ0v) is 18.3. The van der Waals surface area contributed by atoms with Crippen molar-refractivity contribution >= 4 is 39.8 Å². The summed E-state index contributed by atoms with van der Waals surface area (Å²) in [6.07, 6.45) is 2.97. The predicted octanol–water partition coefficient (Wildman–Crippen LogP) is 2.92. The van der Waals surface area contributed by atoms with Gasteiger partial charge >= 0.3 is 0 Å². The molecule has 0 radical (unpaired) electrons. The number of hydrogen-bond donors (Lipinski definition) is 1. The number of likely N-dealkylation sites (tertiary alicyclic amines) is 1. The van der Waals surface area contributed by atoms with Gasteiger partial charge in [-0.2, -0.15) is 0 Å². The highest BCUT2D eigenvalue weighted by molar-refractivity contribution is 14.0. The molecule has 1 aliphatic rings. The Labute approximate surface area is 169 Å². The largest absolute Gasteiger partial charge is 0.356 e. The van der Waals surface area contributed by atoms with E-state index in [1.807, 2.05) is 30.3 Å². The number of sulfone groups is 1. The fourth-order valence-electron chi connectivity index (χ4n) is 2.95. The summed E-state index contributed by atoms with van der Waals surface area (Å²) in [5.74, 6) is 1.99. The summed E-state index contributed by atoms with van der Waals surface area (Å²) < 4.78 is 24.4. The zero-order valence-electron chi connectivity index (χ0n) is 15.1. The first-order valence-corrected chi connectivity index (χ1v) is 10.5. The minimum Gasteiger partial charge on any atom is -0.356 e. The van der Waals surface area contributed by atoms with Crippen molar-refractivity contribution in [1.82, 2.24) is 10.2 Å². The summed E-state index contributed by atoms with van der Waals surface area (Å²) >= 11 is 0. The maximum absolute atomic E-state index is 12.2. The van der Waals surface area contributed by atoms with E-state index in [1.165, 1.54) is 12.8 Å². The van der Waals surface area contributed by atoms with E-state index >= 15 is 0 Å². The molecule has 0 unspecified atom stereocenters. The van der Waals surface area contributed by atoms with Crippen LogP contribution in [0.15, 0.2) is 35.3 Å². The molecule has 7 heteroatoms. The van der Waals surface area contributed by atoms with Crippen LogP contribution >= 0.6 is 24.0 Å². The van der Waals surface area contributed by atoms with Gasteiger partial charge < -0.3 is 10.2 Å². The second kappa shape index (κ2) is 11.0. The molecule has 0 spiro atoms. The van der Waals surface area contributed by atoms with Gasteiger partial charge in [0.25, 0.3) is 0 Å². The Balaban J connectivity index is 0.00000312. The van der Waals surface area contributed by atoms with Crippen molar-refractivity contribution in [3.05, 3.63) is 35.9 Å². The summed E-state index contributed by atoms with van der Waals surface area (Å²) in [7, 11) is -1.28. The van der Waals surface area contributed by atoms with E-state index in [9.17, 15) is 8.42 Å². The molecule has 25 heavy (non-hydrogen) atoms. The van der Waals surface area contributed by atoms with Crippen LogP contribution in [0.4, 0.5) is 0 Å². The Hall–Kier alpha value is -0.830. The highest BCUT2D eigenvalue weighted by Gasteiger charge is 2.18. The number of piperidine rings is 1. The van der Waals surface area contributed by atoms with Gasteiger partial charge in [-0.3, -0.25) is 4.99 Å². The lowest BCUT2D eigenvalue weighted by Crippen LogP contribution is -2.45. The molecule has 1 heterocycles. The van der Waals surface area contributed by atoms with Gasteiger partial charge in [-0.15, -0.1) is 24.0 Å². The van der Waals surface area contributed by atoms with Gasteiger partial charge in [0.1, 0.15) is 0 Å². The molecule has 1 N–H and O–H groups in total. The molecule has 1 aromatic carbocycles. The summed E-state index contributed by atoms with van der Waals surface area (Å²) in [6.45, 7) is 4.96. The van der Waals surface area contributed by atoms with Gasteiger partial charge in [-0.25, -0.2) is 8.42 Å². The van der Waals surface area contributed by atoms with Crippen molar-refractivity contribution in [3.63, 3.8) is 0 Å². The van der Waals surface area contributed by atoms with Crippen LogP contribution in [-0.2, 0) is 15.6 Å². The van der Waals surface area contributed by atoms with Crippen LogP contribution in [0, 0.1) is 5.92 Å². The molecule has 1 fully saturated rings. The topological polar surface area (TPSA) is 61.8 Å². The molecular weight excluding hydrogens is 449 g/mol. The molecule has 0 atom stereocenters. The number of hydrogen-bond acceptors (Lipinski definition) is 3. The molecule has 0 aromatic heterocycles. The Morgan fingerprint density at radius 1 is 1.24 bits per heavy atom. The van der Waals surface area contributed by atoms with E-state index in [-0.39, 0.29) is 35.5 Å². The summed E-state index contributed by atoms with van der Waals surface area (Å²) in [5, 5.41) is 3.30. The fourth-order valence-corrected chi connectivity index (χ4v) is 4.37. The van der Waals surface area contributed by atoms with Gasteiger partial charge in [0.05, 0.1) is 11.5 Å². The molecule has 142 valence electrons. The Kier molecular flexibility index (Phi) is 9.78. The zero-order chi connectivity index (χ0) is 17.4. The number of benzene rings is 1. The van der Waals surface area contributed by atoms with Crippen LogP contribution in [0.5, 0.6) is 0 Å². The SMILES string of the molecule is CN=C(NCCCS(=O)(=O)Cc1ccccc1)N1CCC(C)CC1.I. The lowest BCUT2D eigenvalue weighted by atomic mass is 10.00. The first kappa shape index (κ1) is 22.2. The van der Waals surface area contributed by atoms with E-state index in [2.05, 4.69) is 22.1 Å². The molecular formula is C18H30IN3O2S. The average molecular weight is 479 g/mol. The monoisotopic (exact) mass is 479 g/mol. The first-order chi connectivity index (χ1) is 11.5. The third-order valence-electron chi connectivity index (χ3n) is 4.44. The molecule has 2 rings (SSSR count). The molecule has 0 saturated carbocycles. The standard InChI is InChI=1S/C18H29N3O2S.HI/c1-16-9-12-21(13-10-16)18(19-2)20-11-6-14-24(22,23)15-17-7-4-3-5-8-17;/h3-5,7-8,16H,6,9-15H2,1-2H3,(H,19,20);1H. The third kappa shape index (κ3) is 7.94. The number of rotatable bonds is 6. The minimum absolute atomic E-state index is 0. The Bertz CT molecular complexity index is 627. The van der Waals surface area contributed by atoms with E-state index in [1.54, 1.807) is 7.05 Å². The number of halogens is 1. The predicted molar refractivity (Wildman–Crippen MR) is 115 cm³/mol. The van der Waals surface area contributed by atoms with Crippen LogP contribution in [0.3, 0.4) is 0 Å². The van der Waals surface area contributed by atoms with Crippen molar-refractivity contribution < 1.29 is 8.42 Å². The maximum Gasteiger partial charge on any atom is 0.193 e. The summed E-state index contributed by atoms with van der Waals surface area (Å²) in [5.41, 5.74) is 0.851. The lowest BCUT2D eigenvalue weighted by Gasteiger charge is -2.32. The number of guanidine groups is 1. The molecule has 1 aromatic rings. The Morgan fingerprint density at radius 2 is 1.88 bits per heavy atom. The van der Waals surface area contributed by atoms with Crippen molar-refractivity contribution in [3.8, 4) is 0 Å². The van der Waals surface area contributed by atoms with E-state index in [0.29, 0.717) is 13.0 Å². The molecule has 1 aliphatic heterocycles. The third-order valence-corrected chi connectivity index (χ3v) is 6.12. The van der Waals surface area contributed by atoms with Crippen LogP contribution in [0.2, 0.25) is 0 Å². The molecule has 1 saturated heterocycles. The van der Waals surface area contributed by atoms with Gasteiger partial charge in [-0.05, 0) is 30.7 Å². The lowest BCUT2D eigenvalue weighted by molar-refractivity contribution is 0.273. The Morgan fingerprint density at radius 3 is 2.48 bits per heavy atom. The fraction of sp³-hybridized carbons (Fsp3) is 0.611. The average Bonchev–Trinajstić information content (AvgIpc) is 2.56. The second-order valence-corrected chi connectivity index (χ2v) is 8.76. The van der Waals surface area contributed by atoms with Crippen LogP contribution < -0.4 is 5.32 Å². The van der Waals surface area contributed by atoms with E-state index in [4.69, 9.17) is 0 Å². The van der Waals surface area contributed by atoms with E-state index in [0.717, 1.165) is 30.5 Å². The number of nitrogens with one attached hydrogen (secondary N) is 1. The van der Waals surface area contributed by atoms with E-state index < -0.39 is 9.84 Å². The summed E-state index contributed by atoms with van der Waals surface area (Å²) in [4.78, 5) is 6.58. The first-order valence-electron chi connectivity index (χ1n) is 8.70. The van der Waals surface area contributed by atoms with Gasteiger partial charge in [0, 0.05) is 26.7 Å². The maximum atomic E-state index is 12.2. The summed E-state index contributed by atoms with van der Waals surface area (Å²) in [6, 6.07) is 9.35. The molecule has 0 amide bonds. The highest BCUT2D eigenvalue weighted by atomic mass is 127. The molecule has 0 aliphatic carbocycles. The smallest absolute Gasteiger partial charge is 0.193 e. The van der Waals surface area contributed by atoms with Crippen molar-refractivity contribution in [2.24, 2.45) is 10.9 Å². The van der Waals surface area contributed by atoms with Crippen LogP contribution in [0.25, 0.3) is 0 Å². The van der Waals surface area contributed by atoms with Crippen molar-refractivity contribution in [2.45, 2.75) is 31.9 Å². The highest BCUT2D eigenvalue weighted by Crippen LogP contribution is 2.15. The number of aliphatic imine (C=N–C) groups is 1. The van der Waals surface area contributed by atoms with Gasteiger partial charge in [0.15, 0.2) is 15.8 Å². The van der Waals surface area contributed by atoms with Gasteiger partial charge in [0.2, 0.25) is 0 Å². The quantitative estimate of drug-likeness (QED) is 0.295. The normalized spacial score (nSPS) is 16.4. The van der Waals surface area contributed by atoms with Crippen molar-refractivity contribution in [1.29, 1.82) is 0 Å². The molecule has 5 nitrogen and oxygen atoms in total.